The summed E-state index contributed by atoms with van der Waals surface area (Å²) >= 11 is 0. The lowest BCUT2D eigenvalue weighted by Crippen LogP contribution is -2.41. The number of aromatic nitrogens is 4. The van der Waals surface area contributed by atoms with Gasteiger partial charge in [-0.15, -0.1) is 0 Å². The molecule has 1 unspecified atom stereocenters. The van der Waals surface area contributed by atoms with Crippen LogP contribution in [0.4, 0.5) is 11.6 Å². The number of benzene rings is 1. The zero-order valence-electron chi connectivity index (χ0n) is 18.4. The van der Waals surface area contributed by atoms with Crippen molar-refractivity contribution in [2.24, 2.45) is 13.0 Å². The predicted octanol–water partition coefficient (Wildman–Crippen LogP) is 1.35. The Labute approximate surface area is 179 Å². The van der Waals surface area contributed by atoms with Gasteiger partial charge in [-0.1, -0.05) is 6.92 Å². The minimum absolute atomic E-state index is 0.185. The van der Waals surface area contributed by atoms with Crippen LogP contribution in [0.2, 0.25) is 0 Å². The molecular weight excluding hydrogens is 402 g/mol. The number of hydrogen-bond acceptors (Lipinski definition) is 7. The van der Waals surface area contributed by atoms with E-state index in [1.165, 1.54) is 16.2 Å². The predicted molar refractivity (Wildman–Crippen MR) is 117 cm³/mol. The Bertz CT molecular complexity index is 1240. The van der Waals surface area contributed by atoms with Crippen molar-refractivity contribution >= 4 is 22.8 Å². The first-order chi connectivity index (χ1) is 14.9. The molecule has 0 spiro atoms. The molecule has 0 aliphatic carbocycles. The largest absolute Gasteiger partial charge is 0.497 e. The highest BCUT2D eigenvalue weighted by molar-refractivity contribution is 5.78. The number of methoxy groups -OCH3 is 3. The van der Waals surface area contributed by atoms with E-state index in [4.69, 9.17) is 19.2 Å². The van der Waals surface area contributed by atoms with E-state index in [1.807, 2.05) is 27.7 Å². The van der Waals surface area contributed by atoms with E-state index in [9.17, 15) is 9.59 Å². The number of rotatable bonds is 6. The van der Waals surface area contributed by atoms with E-state index < -0.39 is 5.69 Å². The molecule has 0 saturated heterocycles. The first-order valence-corrected chi connectivity index (χ1v) is 10.1. The van der Waals surface area contributed by atoms with Gasteiger partial charge < -0.3 is 23.7 Å². The molecule has 1 aromatic carbocycles. The fraction of sp³-hybridized carbons (Fsp3) is 0.476. The average Bonchev–Trinajstić information content (AvgIpc) is 3.16. The summed E-state index contributed by atoms with van der Waals surface area (Å²) < 4.78 is 20.5. The number of imidazole rings is 1. The van der Waals surface area contributed by atoms with Crippen LogP contribution < -0.4 is 25.6 Å². The molecule has 0 amide bonds. The normalized spacial score (nSPS) is 15.9. The molecule has 4 rings (SSSR count). The highest BCUT2D eigenvalue weighted by Crippen LogP contribution is 2.39. The van der Waals surface area contributed by atoms with Crippen LogP contribution in [0, 0.1) is 5.92 Å². The maximum atomic E-state index is 13.3. The van der Waals surface area contributed by atoms with Crippen LogP contribution in [0.25, 0.3) is 11.2 Å². The molecule has 166 valence electrons. The molecule has 10 nitrogen and oxygen atoms in total. The lowest BCUT2D eigenvalue weighted by atomic mass is 10.1. The van der Waals surface area contributed by atoms with Crippen molar-refractivity contribution < 1.29 is 14.2 Å². The van der Waals surface area contributed by atoms with Gasteiger partial charge in [0.1, 0.15) is 11.5 Å². The molecule has 0 bridgehead atoms. The molecule has 10 heteroatoms. The number of aryl methyl sites for hydroxylation is 1. The molecule has 2 aromatic heterocycles. The third-order valence-corrected chi connectivity index (χ3v) is 5.64. The number of hydrogen-bond donors (Lipinski definition) is 0. The van der Waals surface area contributed by atoms with E-state index in [-0.39, 0.29) is 24.6 Å². The van der Waals surface area contributed by atoms with Gasteiger partial charge in [-0.2, -0.15) is 4.98 Å². The van der Waals surface area contributed by atoms with Gasteiger partial charge in [-0.05, 0) is 18.1 Å². The van der Waals surface area contributed by atoms with Crippen molar-refractivity contribution in [3.63, 3.8) is 0 Å². The summed E-state index contributed by atoms with van der Waals surface area (Å²) in [6, 6.07) is 5.59. The Morgan fingerprint density at radius 2 is 1.90 bits per heavy atom. The van der Waals surface area contributed by atoms with E-state index in [2.05, 4.69) is 6.92 Å². The van der Waals surface area contributed by atoms with Gasteiger partial charge in [-0.3, -0.25) is 13.9 Å². The first-order valence-electron chi connectivity index (χ1n) is 10.1. The minimum Gasteiger partial charge on any atom is -0.497 e. The van der Waals surface area contributed by atoms with Crippen molar-refractivity contribution in [2.75, 3.05) is 39.4 Å². The van der Waals surface area contributed by atoms with Gasteiger partial charge in [0.15, 0.2) is 11.2 Å². The summed E-state index contributed by atoms with van der Waals surface area (Å²) in [6.45, 7) is 3.89. The van der Waals surface area contributed by atoms with E-state index in [0.29, 0.717) is 41.7 Å². The van der Waals surface area contributed by atoms with Crippen LogP contribution in [0.5, 0.6) is 11.5 Å². The number of ether oxygens (including phenoxy) is 3. The van der Waals surface area contributed by atoms with Crippen LogP contribution in [0.15, 0.2) is 27.8 Å². The molecule has 0 radical (unpaired) electrons. The van der Waals surface area contributed by atoms with Crippen molar-refractivity contribution in [3.8, 4) is 11.5 Å². The van der Waals surface area contributed by atoms with Gasteiger partial charge in [0.2, 0.25) is 5.95 Å². The Kier molecular flexibility index (Phi) is 5.48. The van der Waals surface area contributed by atoms with Crippen molar-refractivity contribution in [3.05, 3.63) is 39.0 Å². The number of anilines is 2. The topological polar surface area (TPSA) is 92.8 Å². The van der Waals surface area contributed by atoms with Crippen LogP contribution in [-0.2, 0) is 24.9 Å². The quantitative estimate of drug-likeness (QED) is 0.584. The summed E-state index contributed by atoms with van der Waals surface area (Å²) in [7, 11) is 6.38. The zero-order valence-corrected chi connectivity index (χ0v) is 18.4. The summed E-state index contributed by atoms with van der Waals surface area (Å²) in [5.74, 6) is 2.16. The van der Waals surface area contributed by atoms with E-state index in [1.54, 1.807) is 21.3 Å². The van der Waals surface area contributed by atoms with E-state index in [0.717, 1.165) is 5.69 Å². The fourth-order valence-corrected chi connectivity index (χ4v) is 4.10. The van der Waals surface area contributed by atoms with Gasteiger partial charge >= 0.3 is 5.69 Å². The third-order valence-electron chi connectivity index (χ3n) is 5.64. The van der Waals surface area contributed by atoms with Crippen LogP contribution in [0.3, 0.4) is 0 Å². The highest BCUT2D eigenvalue weighted by Gasteiger charge is 2.31. The minimum atomic E-state index is -0.411. The second-order valence-corrected chi connectivity index (χ2v) is 7.74. The van der Waals surface area contributed by atoms with Crippen molar-refractivity contribution in [1.82, 2.24) is 18.7 Å². The van der Waals surface area contributed by atoms with Crippen LogP contribution in [-0.4, -0.2) is 53.2 Å². The van der Waals surface area contributed by atoms with E-state index >= 15 is 0 Å². The Morgan fingerprint density at radius 3 is 2.58 bits per heavy atom. The lowest BCUT2D eigenvalue weighted by molar-refractivity contribution is 0.184. The van der Waals surface area contributed by atoms with Crippen LogP contribution >= 0.6 is 0 Å². The van der Waals surface area contributed by atoms with Crippen LogP contribution in [0.1, 0.15) is 6.92 Å². The summed E-state index contributed by atoms with van der Waals surface area (Å²) in [4.78, 5) is 32.8. The van der Waals surface area contributed by atoms with Gasteiger partial charge in [-0.25, -0.2) is 4.79 Å². The average molecular weight is 429 g/mol. The number of nitrogens with zero attached hydrogens (tertiary/aromatic N) is 5. The van der Waals surface area contributed by atoms with Gasteiger partial charge in [0.05, 0.1) is 33.1 Å². The Hall–Kier alpha value is -3.27. The molecule has 1 atom stereocenters. The molecular formula is C21H27N5O5. The highest BCUT2D eigenvalue weighted by atomic mass is 16.5. The molecule has 31 heavy (non-hydrogen) atoms. The number of fused-ring (bicyclic) bond motifs is 3. The molecule has 3 aromatic rings. The third kappa shape index (κ3) is 3.36. The Morgan fingerprint density at radius 1 is 1.13 bits per heavy atom. The SMILES string of the molecule is COCCn1c(=O)c2c(nc3n2CC(C)CN3c2ccc(OC)cc2OC)n(C)c1=O. The Balaban J connectivity index is 1.96. The second kappa shape index (κ2) is 8.10. The summed E-state index contributed by atoms with van der Waals surface area (Å²) in [5, 5.41) is 0. The van der Waals surface area contributed by atoms with Gasteiger partial charge in [0.25, 0.3) is 5.56 Å². The smallest absolute Gasteiger partial charge is 0.332 e. The zero-order chi connectivity index (χ0) is 22.3. The fourth-order valence-electron chi connectivity index (χ4n) is 4.10. The van der Waals surface area contributed by atoms with Gasteiger partial charge in [0, 0.05) is 33.3 Å². The first kappa shape index (κ1) is 21.0. The molecule has 0 saturated carbocycles. The lowest BCUT2D eigenvalue weighted by Gasteiger charge is -2.33. The molecule has 0 fully saturated rings. The standard InChI is InChI=1S/C21H27N5O5/c1-13-11-25(15-7-6-14(30-4)10-16(15)31-5)20-22-18-17(26(20)12-13)19(27)24(8-9-29-3)21(28)23(18)2/h6-7,10,13H,8-9,11-12H2,1-5H3. The maximum absolute atomic E-state index is 13.3. The molecule has 0 N–H and O–H groups in total. The summed E-state index contributed by atoms with van der Waals surface area (Å²) in [5.41, 5.74) is 0.829. The monoisotopic (exact) mass is 429 g/mol. The summed E-state index contributed by atoms with van der Waals surface area (Å²) in [6.07, 6.45) is 0. The molecule has 3 heterocycles. The molecule has 1 aliphatic rings. The molecule has 1 aliphatic heterocycles. The maximum Gasteiger partial charge on any atom is 0.332 e. The second-order valence-electron chi connectivity index (χ2n) is 7.74. The van der Waals surface area contributed by atoms with Crippen molar-refractivity contribution in [2.45, 2.75) is 20.0 Å². The van der Waals surface area contributed by atoms with Crippen molar-refractivity contribution in [1.29, 1.82) is 0 Å².